The highest BCUT2D eigenvalue weighted by Crippen LogP contribution is 2.08. The molecule has 0 aliphatic carbocycles. The Hall–Kier alpha value is -2.89. The Bertz CT molecular complexity index is 898. The molecule has 0 radical (unpaired) electrons. The Kier molecular flexibility index (Phi) is 4.23. The van der Waals surface area contributed by atoms with Crippen molar-refractivity contribution in [1.82, 2.24) is 14.9 Å². The van der Waals surface area contributed by atoms with Gasteiger partial charge in [-0.05, 0) is 29.8 Å². The molecule has 3 rings (SSSR count). The minimum absolute atomic E-state index is 0.112. The topological polar surface area (TPSA) is 66.9 Å². The molecule has 2 N–H and O–H groups in total. The second kappa shape index (κ2) is 6.48. The van der Waals surface area contributed by atoms with Gasteiger partial charge in [0.15, 0.2) is 0 Å². The monoisotopic (exact) mass is 313 g/mol. The number of para-hydroxylation sites is 2. The van der Waals surface area contributed by atoms with Gasteiger partial charge in [-0.15, -0.1) is 0 Å². The van der Waals surface area contributed by atoms with Crippen LogP contribution in [0.2, 0.25) is 0 Å². The van der Waals surface area contributed by atoms with Crippen LogP contribution in [0.5, 0.6) is 0 Å². The van der Waals surface area contributed by atoms with Crippen molar-refractivity contribution in [3.8, 4) is 0 Å². The molecule has 3 aromatic rings. The summed E-state index contributed by atoms with van der Waals surface area (Å²) in [5.74, 6) is -0.566. The van der Waals surface area contributed by atoms with Gasteiger partial charge in [0, 0.05) is 13.1 Å². The molecular formula is C17H16FN3O2. The fourth-order valence-corrected chi connectivity index (χ4v) is 2.53. The molecule has 5 nitrogen and oxygen atoms in total. The summed E-state index contributed by atoms with van der Waals surface area (Å²) in [5.41, 5.74) is 1.98. The number of carbonyl (C=O) groups excluding carboxylic acids is 1. The molecule has 1 amide bonds. The number of aromatic amines is 1. The van der Waals surface area contributed by atoms with E-state index in [-0.39, 0.29) is 23.8 Å². The number of rotatable bonds is 5. The van der Waals surface area contributed by atoms with Crippen molar-refractivity contribution in [2.45, 2.75) is 13.0 Å². The van der Waals surface area contributed by atoms with Crippen LogP contribution in [0.25, 0.3) is 11.0 Å². The van der Waals surface area contributed by atoms with Gasteiger partial charge in [-0.2, -0.15) is 0 Å². The Morgan fingerprint density at radius 1 is 1.17 bits per heavy atom. The molecule has 0 spiro atoms. The second-order valence-electron chi connectivity index (χ2n) is 5.26. The predicted octanol–water partition coefficient (Wildman–Crippen LogP) is 1.83. The first kappa shape index (κ1) is 15.0. The molecule has 6 heteroatoms. The minimum atomic E-state index is -0.361. The lowest BCUT2D eigenvalue weighted by molar-refractivity contribution is -0.120. The lowest BCUT2D eigenvalue weighted by Crippen LogP contribution is -2.31. The Morgan fingerprint density at radius 2 is 2.00 bits per heavy atom. The van der Waals surface area contributed by atoms with E-state index in [4.69, 9.17) is 0 Å². The normalized spacial score (nSPS) is 10.8. The zero-order chi connectivity index (χ0) is 16.2. The van der Waals surface area contributed by atoms with E-state index in [0.717, 1.165) is 11.0 Å². The molecule has 1 heterocycles. The van der Waals surface area contributed by atoms with Crippen molar-refractivity contribution < 1.29 is 9.18 Å². The predicted molar refractivity (Wildman–Crippen MR) is 85.7 cm³/mol. The van der Waals surface area contributed by atoms with E-state index in [9.17, 15) is 14.0 Å². The van der Waals surface area contributed by atoms with Gasteiger partial charge in [-0.3, -0.25) is 9.36 Å². The third kappa shape index (κ3) is 3.48. The van der Waals surface area contributed by atoms with Crippen LogP contribution < -0.4 is 11.0 Å². The second-order valence-corrected chi connectivity index (χ2v) is 5.26. The number of fused-ring (bicyclic) bond motifs is 1. The first-order valence-electron chi connectivity index (χ1n) is 7.32. The number of imidazole rings is 1. The maximum atomic E-state index is 13.1. The van der Waals surface area contributed by atoms with Gasteiger partial charge in [0.1, 0.15) is 5.82 Å². The van der Waals surface area contributed by atoms with Crippen LogP contribution >= 0.6 is 0 Å². The van der Waals surface area contributed by atoms with Gasteiger partial charge in [0.25, 0.3) is 0 Å². The number of aromatic nitrogens is 2. The standard InChI is InChI=1S/C17H16FN3O2/c18-13-5-3-4-12(10-13)11-16(22)19-8-9-21-15-7-2-1-6-14(15)20-17(21)23/h1-7,10H,8-9,11H2,(H,19,22)(H,20,23). The lowest BCUT2D eigenvalue weighted by Gasteiger charge is -2.06. The SMILES string of the molecule is O=C(Cc1cccc(F)c1)NCCn1c(=O)[nH]c2ccccc21. The van der Waals surface area contributed by atoms with Gasteiger partial charge >= 0.3 is 5.69 Å². The minimum Gasteiger partial charge on any atom is -0.354 e. The van der Waals surface area contributed by atoms with Crippen LogP contribution in [-0.4, -0.2) is 22.0 Å². The number of hydrogen-bond donors (Lipinski definition) is 2. The molecule has 23 heavy (non-hydrogen) atoms. The number of hydrogen-bond acceptors (Lipinski definition) is 2. The zero-order valence-corrected chi connectivity index (χ0v) is 12.4. The number of carbonyl (C=O) groups is 1. The van der Waals surface area contributed by atoms with Crippen molar-refractivity contribution in [1.29, 1.82) is 0 Å². The van der Waals surface area contributed by atoms with Gasteiger partial charge < -0.3 is 10.3 Å². The lowest BCUT2D eigenvalue weighted by atomic mass is 10.1. The fourth-order valence-electron chi connectivity index (χ4n) is 2.53. The molecule has 118 valence electrons. The molecular weight excluding hydrogens is 297 g/mol. The molecule has 0 fully saturated rings. The maximum absolute atomic E-state index is 13.1. The highest BCUT2D eigenvalue weighted by molar-refractivity contribution is 5.78. The zero-order valence-electron chi connectivity index (χ0n) is 12.4. The molecule has 0 bridgehead atoms. The van der Waals surface area contributed by atoms with Crippen LogP contribution in [0.1, 0.15) is 5.56 Å². The van der Waals surface area contributed by atoms with E-state index in [1.165, 1.54) is 12.1 Å². The number of amides is 1. The molecule has 0 aliphatic rings. The fraction of sp³-hybridized carbons (Fsp3) is 0.176. The summed E-state index contributed by atoms with van der Waals surface area (Å²) in [7, 11) is 0. The summed E-state index contributed by atoms with van der Waals surface area (Å²) < 4.78 is 14.7. The summed E-state index contributed by atoms with van der Waals surface area (Å²) in [6, 6.07) is 13.3. The molecule has 0 atom stereocenters. The van der Waals surface area contributed by atoms with E-state index >= 15 is 0 Å². The summed E-state index contributed by atoms with van der Waals surface area (Å²) >= 11 is 0. The number of H-pyrrole nitrogens is 1. The Balaban J connectivity index is 1.59. The summed E-state index contributed by atoms with van der Waals surface area (Å²) in [6.07, 6.45) is 0.112. The van der Waals surface area contributed by atoms with Gasteiger partial charge in [0.2, 0.25) is 5.91 Å². The number of halogens is 1. The van der Waals surface area contributed by atoms with Gasteiger partial charge in [0.05, 0.1) is 17.5 Å². The number of nitrogens with one attached hydrogen (secondary N) is 2. The smallest absolute Gasteiger partial charge is 0.326 e. The van der Waals surface area contributed by atoms with Crippen LogP contribution in [0, 0.1) is 5.82 Å². The van der Waals surface area contributed by atoms with Crippen molar-refractivity contribution >= 4 is 16.9 Å². The third-order valence-corrected chi connectivity index (χ3v) is 3.59. The largest absolute Gasteiger partial charge is 0.354 e. The van der Waals surface area contributed by atoms with E-state index in [1.807, 2.05) is 24.3 Å². The molecule has 0 saturated heterocycles. The number of nitrogens with zero attached hydrogens (tertiary/aromatic N) is 1. The van der Waals surface area contributed by atoms with Crippen LogP contribution in [-0.2, 0) is 17.8 Å². The molecule has 0 saturated carbocycles. The highest BCUT2D eigenvalue weighted by atomic mass is 19.1. The number of benzene rings is 2. The quantitative estimate of drug-likeness (QED) is 0.754. The molecule has 1 aromatic heterocycles. The van der Waals surface area contributed by atoms with Gasteiger partial charge in [-0.1, -0.05) is 24.3 Å². The van der Waals surface area contributed by atoms with Crippen molar-refractivity contribution in [2.75, 3.05) is 6.54 Å². The van der Waals surface area contributed by atoms with Crippen LogP contribution in [0.15, 0.2) is 53.3 Å². The van der Waals surface area contributed by atoms with E-state index in [1.54, 1.807) is 16.7 Å². The first-order chi connectivity index (χ1) is 11.1. The first-order valence-corrected chi connectivity index (χ1v) is 7.32. The Labute approximate surface area is 131 Å². The maximum Gasteiger partial charge on any atom is 0.326 e. The summed E-state index contributed by atoms with van der Waals surface area (Å²) in [5, 5.41) is 2.75. The molecule has 0 aliphatic heterocycles. The van der Waals surface area contributed by atoms with Crippen molar-refractivity contribution in [3.05, 3.63) is 70.4 Å². The van der Waals surface area contributed by atoms with Crippen LogP contribution in [0.3, 0.4) is 0 Å². The molecule has 2 aromatic carbocycles. The van der Waals surface area contributed by atoms with Crippen molar-refractivity contribution in [2.24, 2.45) is 0 Å². The van der Waals surface area contributed by atoms with Gasteiger partial charge in [-0.25, -0.2) is 9.18 Å². The van der Waals surface area contributed by atoms with E-state index < -0.39 is 0 Å². The Morgan fingerprint density at radius 3 is 2.83 bits per heavy atom. The highest BCUT2D eigenvalue weighted by Gasteiger charge is 2.07. The molecule has 0 unspecified atom stereocenters. The van der Waals surface area contributed by atoms with E-state index in [2.05, 4.69) is 10.3 Å². The van der Waals surface area contributed by atoms with Crippen molar-refractivity contribution in [3.63, 3.8) is 0 Å². The average Bonchev–Trinajstić information content (AvgIpc) is 2.83. The summed E-state index contributed by atoms with van der Waals surface area (Å²) in [4.78, 5) is 26.5. The van der Waals surface area contributed by atoms with Crippen LogP contribution in [0.4, 0.5) is 4.39 Å². The average molecular weight is 313 g/mol. The summed E-state index contributed by atoms with van der Waals surface area (Å²) in [6.45, 7) is 0.702. The third-order valence-electron chi connectivity index (χ3n) is 3.59. The van der Waals surface area contributed by atoms with E-state index in [0.29, 0.717) is 18.7 Å².